The molecule has 1 aromatic heterocycles. The third-order valence-electron chi connectivity index (χ3n) is 3.90. The Morgan fingerprint density at radius 1 is 1.00 bits per heavy atom. The van der Waals surface area contributed by atoms with E-state index in [9.17, 15) is 4.39 Å². The van der Waals surface area contributed by atoms with Gasteiger partial charge in [-0.05, 0) is 47.0 Å². The topological polar surface area (TPSA) is 49.8 Å². The van der Waals surface area contributed by atoms with E-state index in [0.29, 0.717) is 28.0 Å². The summed E-state index contributed by atoms with van der Waals surface area (Å²) in [6, 6.07) is 17.1. The van der Waals surface area contributed by atoms with Crippen LogP contribution in [-0.2, 0) is 0 Å². The predicted molar refractivity (Wildman–Crippen MR) is 101 cm³/mol. The van der Waals surface area contributed by atoms with E-state index >= 15 is 0 Å². The lowest BCUT2D eigenvalue weighted by Crippen LogP contribution is -2.07. The van der Waals surface area contributed by atoms with Gasteiger partial charge in [-0.15, -0.1) is 0 Å². The third kappa shape index (κ3) is 3.96. The Balaban J connectivity index is 1.68. The van der Waals surface area contributed by atoms with Crippen LogP contribution in [0.4, 0.5) is 21.8 Å². The van der Waals surface area contributed by atoms with Crippen LogP contribution >= 0.6 is 15.9 Å². The largest absolute Gasteiger partial charge is 0.351 e. The first-order valence-electron chi connectivity index (χ1n) is 8.10. The summed E-state index contributed by atoms with van der Waals surface area (Å²) in [6.45, 7) is 0. The Hall–Kier alpha value is -2.47. The molecule has 6 heteroatoms. The van der Waals surface area contributed by atoms with Crippen molar-refractivity contribution in [1.82, 2.24) is 9.97 Å². The van der Waals surface area contributed by atoms with Gasteiger partial charge >= 0.3 is 0 Å². The lowest BCUT2D eigenvalue weighted by atomic mass is 10.1. The van der Waals surface area contributed by atoms with Crippen LogP contribution in [0.15, 0.2) is 59.1 Å². The normalized spacial score (nSPS) is 13.5. The second-order valence-electron chi connectivity index (χ2n) is 6.00. The molecule has 2 aromatic carbocycles. The van der Waals surface area contributed by atoms with Crippen LogP contribution in [0.25, 0.3) is 11.3 Å². The van der Waals surface area contributed by atoms with Crippen LogP contribution in [0.1, 0.15) is 12.8 Å². The van der Waals surface area contributed by atoms with Gasteiger partial charge < -0.3 is 10.6 Å². The first-order valence-corrected chi connectivity index (χ1v) is 8.90. The molecule has 0 saturated heterocycles. The van der Waals surface area contributed by atoms with Gasteiger partial charge in [-0.2, -0.15) is 4.98 Å². The number of nitrogens with zero attached hydrogens (tertiary/aromatic N) is 2. The highest BCUT2D eigenvalue weighted by molar-refractivity contribution is 9.10. The lowest BCUT2D eigenvalue weighted by Gasteiger charge is -2.11. The smallest absolute Gasteiger partial charge is 0.225 e. The zero-order valence-electron chi connectivity index (χ0n) is 13.3. The molecule has 126 valence electrons. The van der Waals surface area contributed by atoms with Gasteiger partial charge in [0.05, 0.1) is 10.2 Å². The van der Waals surface area contributed by atoms with Crippen molar-refractivity contribution in [1.29, 1.82) is 0 Å². The van der Waals surface area contributed by atoms with Crippen LogP contribution in [0.5, 0.6) is 0 Å². The molecule has 1 saturated carbocycles. The number of benzene rings is 2. The Kier molecular flexibility index (Phi) is 4.36. The number of hydrogen-bond donors (Lipinski definition) is 2. The summed E-state index contributed by atoms with van der Waals surface area (Å²) in [5.41, 5.74) is 2.46. The second kappa shape index (κ2) is 6.80. The van der Waals surface area contributed by atoms with Crippen molar-refractivity contribution in [2.75, 3.05) is 10.6 Å². The lowest BCUT2D eigenvalue weighted by molar-refractivity contribution is 0.622. The summed E-state index contributed by atoms with van der Waals surface area (Å²) >= 11 is 3.16. The van der Waals surface area contributed by atoms with Crippen LogP contribution in [-0.4, -0.2) is 16.0 Å². The Morgan fingerprint density at radius 3 is 2.52 bits per heavy atom. The van der Waals surface area contributed by atoms with Gasteiger partial charge in [-0.3, -0.25) is 0 Å². The molecule has 1 heterocycles. The summed E-state index contributed by atoms with van der Waals surface area (Å²) in [5.74, 6) is 0.890. The van der Waals surface area contributed by atoms with E-state index < -0.39 is 0 Å². The molecule has 4 nitrogen and oxygen atoms in total. The molecule has 0 amide bonds. The average molecular weight is 399 g/mol. The maximum absolute atomic E-state index is 13.8. The van der Waals surface area contributed by atoms with E-state index in [1.807, 2.05) is 36.4 Å². The van der Waals surface area contributed by atoms with Crippen molar-refractivity contribution in [2.45, 2.75) is 18.9 Å². The van der Waals surface area contributed by atoms with Crippen molar-refractivity contribution in [3.63, 3.8) is 0 Å². The molecule has 0 bridgehead atoms. The molecular weight excluding hydrogens is 383 g/mol. The molecule has 0 atom stereocenters. The summed E-state index contributed by atoms with van der Waals surface area (Å²) < 4.78 is 14.2. The minimum Gasteiger partial charge on any atom is -0.351 e. The molecule has 25 heavy (non-hydrogen) atoms. The van der Waals surface area contributed by atoms with Gasteiger partial charge in [-0.1, -0.05) is 30.3 Å². The second-order valence-corrected chi connectivity index (χ2v) is 6.85. The van der Waals surface area contributed by atoms with Crippen molar-refractivity contribution >= 4 is 33.4 Å². The van der Waals surface area contributed by atoms with Crippen LogP contribution < -0.4 is 10.6 Å². The molecule has 1 fully saturated rings. The molecule has 1 aliphatic carbocycles. The highest BCUT2D eigenvalue weighted by Crippen LogP contribution is 2.28. The number of nitrogens with one attached hydrogen (secondary N) is 2. The summed E-state index contributed by atoms with van der Waals surface area (Å²) in [6.07, 6.45) is 2.28. The zero-order valence-corrected chi connectivity index (χ0v) is 14.9. The maximum Gasteiger partial charge on any atom is 0.225 e. The van der Waals surface area contributed by atoms with Gasteiger partial charge in [0.25, 0.3) is 0 Å². The number of rotatable bonds is 5. The highest BCUT2D eigenvalue weighted by atomic mass is 79.9. The minimum absolute atomic E-state index is 0.321. The van der Waals surface area contributed by atoms with Crippen LogP contribution in [0, 0.1) is 5.82 Å². The van der Waals surface area contributed by atoms with Crippen LogP contribution in [0.3, 0.4) is 0 Å². The van der Waals surface area contributed by atoms with E-state index in [4.69, 9.17) is 0 Å². The molecule has 1 aliphatic rings. The van der Waals surface area contributed by atoms with Gasteiger partial charge in [0.2, 0.25) is 5.95 Å². The number of anilines is 3. The van der Waals surface area contributed by atoms with Crippen molar-refractivity contribution in [3.05, 3.63) is 64.9 Å². The van der Waals surface area contributed by atoms with Gasteiger partial charge in [0.1, 0.15) is 11.6 Å². The molecule has 3 aromatic rings. The minimum atomic E-state index is -0.321. The zero-order chi connectivity index (χ0) is 17.2. The monoisotopic (exact) mass is 398 g/mol. The van der Waals surface area contributed by atoms with Crippen LogP contribution in [0.2, 0.25) is 0 Å². The SMILES string of the molecule is Fc1cc(Nc2cc(-c3ccccc3)nc(NC3CC3)n2)ccc1Br. The molecular formula is C19H16BrFN4. The highest BCUT2D eigenvalue weighted by Gasteiger charge is 2.22. The van der Waals surface area contributed by atoms with Crippen molar-refractivity contribution in [2.24, 2.45) is 0 Å². The average Bonchev–Trinajstić information content (AvgIpc) is 3.43. The number of hydrogen-bond acceptors (Lipinski definition) is 4. The standard InChI is InChI=1S/C19H16BrFN4/c20-15-9-8-14(10-16(15)21)22-18-11-17(12-4-2-1-3-5-12)24-19(25-18)23-13-6-7-13/h1-5,8-11,13H,6-7H2,(H2,22,23,24,25). The van der Waals surface area contributed by atoms with E-state index in [0.717, 1.165) is 24.1 Å². The molecule has 0 spiro atoms. The summed E-state index contributed by atoms with van der Waals surface area (Å²) in [7, 11) is 0. The number of halogens is 2. The quantitative estimate of drug-likeness (QED) is 0.606. The van der Waals surface area contributed by atoms with Gasteiger partial charge in [-0.25, -0.2) is 9.37 Å². The first-order chi connectivity index (χ1) is 12.2. The molecule has 2 N–H and O–H groups in total. The summed E-state index contributed by atoms with van der Waals surface area (Å²) in [5, 5.41) is 6.49. The van der Waals surface area contributed by atoms with E-state index in [2.05, 4.69) is 36.5 Å². The predicted octanol–water partition coefficient (Wildman–Crippen LogP) is 5.36. The third-order valence-corrected chi connectivity index (χ3v) is 4.54. The molecule has 0 radical (unpaired) electrons. The first kappa shape index (κ1) is 16.0. The fraction of sp³-hybridized carbons (Fsp3) is 0.158. The summed E-state index contributed by atoms with van der Waals surface area (Å²) in [4.78, 5) is 9.13. The molecule has 0 aliphatic heterocycles. The fourth-order valence-corrected chi connectivity index (χ4v) is 2.71. The molecule has 4 rings (SSSR count). The fourth-order valence-electron chi connectivity index (χ4n) is 2.46. The van der Waals surface area contributed by atoms with Gasteiger partial charge in [0, 0.05) is 23.4 Å². The van der Waals surface area contributed by atoms with Gasteiger partial charge in [0.15, 0.2) is 0 Å². The Morgan fingerprint density at radius 2 is 1.80 bits per heavy atom. The number of aromatic nitrogens is 2. The Bertz CT molecular complexity index is 897. The van der Waals surface area contributed by atoms with E-state index in [-0.39, 0.29) is 5.82 Å². The van der Waals surface area contributed by atoms with E-state index in [1.54, 1.807) is 12.1 Å². The Labute approximate surface area is 153 Å². The molecule has 0 unspecified atom stereocenters. The van der Waals surface area contributed by atoms with Crippen molar-refractivity contribution in [3.8, 4) is 11.3 Å². The van der Waals surface area contributed by atoms with E-state index in [1.165, 1.54) is 6.07 Å². The maximum atomic E-state index is 13.8. The van der Waals surface area contributed by atoms with Crippen molar-refractivity contribution < 1.29 is 4.39 Å².